The van der Waals surface area contributed by atoms with Crippen LogP contribution in [0.4, 0.5) is 0 Å². The van der Waals surface area contributed by atoms with Crippen LogP contribution in [0.3, 0.4) is 0 Å². The first-order valence-corrected chi connectivity index (χ1v) is 6.09. The van der Waals surface area contributed by atoms with Crippen LogP contribution in [-0.4, -0.2) is 30.2 Å². The molecule has 94 valence electrons. The van der Waals surface area contributed by atoms with Gasteiger partial charge in [0, 0.05) is 25.2 Å². The van der Waals surface area contributed by atoms with Gasteiger partial charge < -0.3 is 15.0 Å². The molecule has 4 heteroatoms. The molecular weight excluding hydrogens is 232 g/mol. The van der Waals surface area contributed by atoms with Gasteiger partial charge in [0.2, 0.25) is 0 Å². The van der Waals surface area contributed by atoms with Crippen molar-refractivity contribution in [3.63, 3.8) is 0 Å². The van der Waals surface area contributed by atoms with Gasteiger partial charge in [-0.1, -0.05) is 18.2 Å². The fourth-order valence-electron chi connectivity index (χ4n) is 1.52. The van der Waals surface area contributed by atoms with Crippen LogP contribution in [-0.2, 0) is 6.54 Å². The van der Waals surface area contributed by atoms with Crippen molar-refractivity contribution in [2.75, 3.05) is 14.2 Å². The summed E-state index contributed by atoms with van der Waals surface area (Å²) in [6, 6.07) is 8.33. The van der Waals surface area contributed by atoms with Crippen molar-refractivity contribution >= 4 is 17.3 Å². The van der Waals surface area contributed by atoms with Crippen LogP contribution in [0.5, 0.6) is 5.75 Å². The normalized spacial score (nSPS) is 10.2. The summed E-state index contributed by atoms with van der Waals surface area (Å²) in [4.78, 5) is 2.01. The van der Waals surface area contributed by atoms with Crippen molar-refractivity contribution < 1.29 is 4.74 Å². The molecule has 0 atom stereocenters. The van der Waals surface area contributed by atoms with E-state index >= 15 is 0 Å². The molecule has 0 unspecified atom stereocenters. The Hall–Kier alpha value is -1.29. The van der Waals surface area contributed by atoms with E-state index in [4.69, 9.17) is 17.0 Å². The van der Waals surface area contributed by atoms with Gasteiger partial charge in [-0.15, -0.1) is 0 Å². The third kappa shape index (κ3) is 4.23. The van der Waals surface area contributed by atoms with Crippen LogP contribution < -0.4 is 10.1 Å². The molecule has 0 spiro atoms. The lowest BCUT2D eigenvalue weighted by molar-refractivity contribution is 0.397. The predicted molar refractivity (Wildman–Crippen MR) is 75.3 cm³/mol. The zero-order valence-corrected chi connectivity index (χ0v) is 11.7. The largest absolute Gasteiger partial charge is 0.496 e. The zero-order valence-electron chi connectivity index (χ0n) is 10.9. The molecule has 3 nitrogen and oxygen atoms in total. The van der Waals surface area contributed by atoms with Gasteiger partial charge in [-0.2, -0.15) is 0 Å². The van der Waals surface area contributed by atoms with Crippen LogP contribution in [0, 0.1) is 0 Å². The number of benzene rings is 1. The van der Waals surface area contributed by atoms with Crippen LogP contribution in [0.2, 0.25) is 0 Å². The molecule has 0 saturated carbocycles. The summed E-state index contributed by atoms with van der Waals surface area (Å²) in [5, 5.41) is 3.97. The van der Waals surface area contributed by atoms with Gasteiger partial charge in [-0.3, -0.25) is 0 Å². The van der Waals surface area contributed by atoms with E-state index in [0.29, 0.717) is 6.04 Å². The summed E-state index contributed by atoms with van der Waals surface area (Å²) < 4.78 is 5.32. The van der Waals surface area contributed by atoms with Crippen molar-refractivity contribution in [1.29, 1.82) is 0 Å². The fraction of sp³-hybridized carbons (Fsp3) is 0.462. The first kappa shape index (κ1) is 13.8. The Morgan fingerprint density at radius 1 is 1.41 bits per heavy atom. The lowest BCUT2D eigenvalue weighted by atomic mass is 10.2. The Kier molecular flexibility index (Phi) is 5.22. The molecule has 0 aliphatic rings. The van der Waals surface area contributed by atoms with Crippen LogP contribution >= 0.6 is 12.2 Å². The number of hydrogen-bond acceptors (Lipinski definition) is 2. The maximum atomic E-state index is 5.32. The molecule has 0 heterocycles. The average Bonchev–Trinajstić information content (AvgIpc) is 2.28. The van der Waals surface area contributed by atoms with E-state index in [0.717, 1.165) is 23.0 Å². The van der Waals surface area contributed by atoms with Gasteiger partial charge in [0.25, 0.3) is 0 Å². The maximum Gasteiger partial charge on any atom is 0.169 e. The standard InChI is InChI=1S/C13H20N2OS/c1-10(2)14-13(17)15(3)9-11-7-5-6-8-12(11)16-4/h5-8,10H,9H2,1-4H3,(H,14,17). The first-order chi connectivity index (χ1) is 8.04. The molecule has 1 N–H and O–H groups in total. The second kappa shape index (κ2) is 6.45. The second-order valence-electron chi connectivity index (χ2n) is 4.27. The third-order valence-corrected chi connectivity index (χ3v) is 2.79. The summed E-state index contributed by atoms with van der Waals surface area (Å²) in [6.45, 7) is 4.88. The van der Waals surface area contributed by atoms with Crippen molar-refractivity contribution in [1.82, 2.24) is 10.2 Å². The molecule has 1 rings (SSSR count). The Bertz CT molecular complexity index is 379. The highest BCUT2D eigenvalue weighted by atomic mass is 32.1. The Morgan fingerprint density at radius 2 is 2.06 bits per heavy atom. The van der Waals surface area contributed by atoms with E-state index < -0.39 is 0 Å². The van der Waals surface area contributed by atoms with Crippen molar-refractivity contribution in [2.45, 2.75) is 26.4 Å². The minimum Gasteiger partial charge on any atom is -0.496 e. The van der Waals surface area contributed by atoms with Crippen LogP contribution in [0.15, 0.2) is 24.3 Å². The number of rotatable bonds is 4. The number of ether oxygens (including phenoxy) is 1. The molecule has 0 bridgehead atoms. The summed E-state index contributed by atoms with van der Waals surface area (Å²) in [5.41, 5.74) is 1.13. The van der Waals surface area contributed by atoms with E-state index in [1.165, 1.54) is 0 Å². The minimum atomic E-state index is 0.350. The number of nitrogens with one attached hydrogen (secondary N) is 1. The summed E-state index contributed by atoms with van der Waals surface area (Å²) >= 11 is 5.31. The first-order valence-electron chi connectivity index (χ1n) is 5.68. The van der Waals surface area contributed by atoms with Gasteiger partial charge in [0.15, 0.2) is 5.11 Å². The second-order valence-corrected chi connectivity index (χ2v) is 4.66. The lowest BCUT2D eigenvalue weighted by Crippen LogP contribution is -2.40. The predicted octanol–water partition coefficient (Wildman–Crippen LogP) is 2.41. The molecule has 0 fully saturated rings. The van der Waals surface area contributed by atoms with Gasteiger partial charge in [0.1, 0.15) is 5.75 Å². The Labute approximate surface area is 109 Å². The highest BCUT2D eigenvalue weighted by Crippen LogP contribution is 2.18. The number of thiocarbonyl (C=S) groups is 1. The molecule has 0 aromatic heterocycles. The van der Waals surface area contributed by atoms with Crippen molar-refractivity contribution in [2.24, 2.45) is 0 Å². The summed E-state index contributed by atoms with van der Waals surface area (Å²) in [7, 11) is 3.66. The minimum absolute atomic E-state index is 0.350. The summed E-state index contributed by atoms with van der Waals surface area (Å²) in [5.74, 6) is 0.895. The molecule has 1 aromatic rings. The van der Waals surface area contributed by atoms with Gasteiger partial charge in [-0.05, 0) is 32.1 Å². The summed E-state index contributed by atoms with van der Waals surface area (Å²) in [6.07, 6.45) is 0. The van der Waals surface area contributed by atoms with E-state index in [1.54, 1.807) is 7.11 Å². The Balaban J connectivity index is 2.67. The highest BCUT2D eigenvalue weighted by molar-refractivity contribution is 7.80. The molecule has 0 saturated heterocycles. The van der Waals surface area contributed by atoms with Crippen LogP contribution in [0.1, 0.15) is 19.4 Å². The van der Waals surface area contributed by atoms with Crippen molar-refractivity contribution in [3.05, 3.63) is 29.8 Å². The monoisotopic (exact) mass is 252 g/mol. The maximum absolute atomic E-state index is 5.32. The van der Waals surface area contributed by atoms with Gasteiger partial charge >= 0.3 is 0 Å². The van der Waals surface area contributed by atoms with E-state index in [9.17, 15) is 0 Å². The number of methoxy groups -OCH3 is 1. The average molecular weight is 252 g/mol. The fourth-order valence-corrected chi connectivity index (χ4v) is 1.82. The highest BCUT2D eigenvalue weighted by Gasteiger charge is 2.09. The molecule has 0 amide bonds. The molecule has 17 heavy (non-hydrogen) atoms. The molecule has 0 aliphatic carbocycles. The van der Waals surface area contributed by atoms with E-state index in [1.807, 2.05) is 36.2 Å². The molecule has 0 radical (unpaired) electrons. The van der Waals surface area contributed by atoms with Gasteiger partial charge in [-0.25, -0.2) is 0 Å². The van der Waals surface area contributed by atoms with E-state index in [2.05, 4.69) is 19.2 Å². The van der Waals surface area contributed by atoms with Crippen LogP contribution in [0.25, 0.3) is 0 Å². The molecular formula is C13H20N2OS. The van der Waals surface area contributed by atoms with Gasteiger partial charge in [0.05, 0.1) is 7.11 Å². The topological polar surface area (TPSA) is 24.5 Å². The smallest absolute Gasteiger partial charge is 0.169 e. The quantitative estimate of drug-likeness (QED) is 0.832. The Morgan fingerprint density at radius 3 is 2.65 bits per heavy atom. The number of nitrogens with zero attached hydrogens (tertiary/aromatic N) is 1. The molecule has 1 aromatic carbocycles. The lowest BCUT2D eigenvalue weighted by Gasteiger charge is -2.23. The number of hydrogen-bond donors (Lipinski definition) is 1. The zero-order chi connectivity index (χ0) is 12.8. The van der Waals surface area contributed by atoms with E-state index in [-0.39, 0.29) is 0 Å². The number of para-hydroxylation sites is 1. The third-order valence-electron chi connectivity index (χ3n) is 2.36. The molecule has 0 aliphatic heterocycles. The van der Waals surface area contributed by atoms with Crippen molar-refractivity contribution in [3.8, 4) is 5.75 Å². The SMILES string of the molecule is COc1ccccc1CN(C)C(=S)NC(C)C.